The maximum Gasteiger partial charge on any atom is 0.316 e. The summed E-state index contributed by atoms with van der Waals surface area (Å²) in [7, 11) is 0. The first-order chi connectivity index (χ1) is 12.4. The lowest BCUT2D eigenvalue weighted by molar-refractivity contribution is -0.136. The average Bonchev–Trinajstić information content (AvgIpc) is 2.62. The third-order valence-corrected chi connectivity index (χ3v) is 4.66. The average molecular weight is 377 g/mol. The minimum Gasteiger partial charge on any atom is -0.486 e. The number of rotatable bonds is 8. The summed E-state index contributed by atoms with van der Waals surface area (Å²) in [6.45, 7) is 3.46. The number of para-hydroxylation sites is 1. The molecule has 2 N–H and O–H groups in total. The summed E-state index contributed by atoms with van der Waals surface area (Å²) in [4.78, 5) is 24.1. The third-order valence-electron chi connectivity index (χ3n) is 3.50. The molecule has 0 saturated carbocycles. The number of carbonyl (C=O) groups is 2. The second-order valence-corrected chi connectivity index (χ2v) is 7.05. The van der Waals surface area contributed by atoms with Gasteiger partial charge >= 0.3 is 5.97 Å². The van der Waals surface area contributed by atoms with Gasteiger partial charge in [0.1, 0.15) is 11.4 Å². The monoisotopic (exact) mass is 377 g/mol. The molecule has 138 valence electrons. The zero-order chi connectivity index (χ0) is 19.1. The van der Waals surface area contributed by atoms with Crippen LogP contribution in [-0.4, -0.2) is 34.9 Å². The van der Waals surface area contributed by atoms with Crippen LogP contribution < -0.4 is 10.1 Å². The van der Waals surface area contributed by atoms with Gasteiger partial charge in [-0.05, 0) is 38.1 Å². The van der Waals surface area contributed by atoms with Crippen LogP contribution in [0.2, 0.25) is 0 Å². The standard InChI is InChI=1S/C19H20FNO4S/c1-12(25-16-9-5-4-8-15(16)20)11-21-18(22)14-7-3-6-10-17(14)26-13(2)19(23)24/h3-10,12-13H,11H2,1-2H3,(H,21,22)(H,23,24). The molecule has 2 aromatic rings. The molecule has 0 radical (unpaired) electrons. The van der Waals surface area contributed by atoms with Crippen molar-refractivity contribution in [1.29, 1.82) is 0 Å². The number of benzene rings is 2. The maximum atomic E-state index is 13.6. The Morgan fingerprint density at radius 3 is 2.50 bits per heavy atom. The van der Waals surface area contributed by atoms with Gasteiger partial charge in [0.2, 0.25) is 0 Å². The summed E-state index contributed by atoms with van der Waals surface area (Å²) < 4.78 is 19.1. The second-order valence-electron chi connectivity index (χ2n) is 5.66. The number of thioether (sulfide) groups is 1. The number of nitrogens with one attached hydrogen (secondary N) is 1. The molecule has 0 aliphatic heterocycles. The Morgan fingerprint density at radius 1 is 1.15 bits per heavy atom. The van der Waals surface area contributed by atoms with Crippen LogP contribution in [0.4, 0.5) is 4.39 Å². The van der Waals surface area contributed by atoms with Gasteiger partial charge in [0.25, 0.3) is 5.91 Å². The van der Waals surface area contributed by atoms with Crippen molar-refractivity contribution in [2.24, 2.45) is 0 Å². The van der Waals surface area contributed by atoms with Gasteiger partial charge in [0.05, 0.1) is 12.1 Å². The Balaban J connectivity index is 1.97. The first-order valence-corrected chi connectivity index (χ1v) is 8.94. The molecule has 2 atom stereocenters. The Labute approximate surface area is 155 Å². The fourth-order valence-electron chi connectivity index (χ4n) is 2.13. The van der Waals surface area contributed by atoms with Crippen molar-refractivity contribution in [1.82, 2.24) is 5.32 Å². The minimum atomic E-state index is -0.947. The molecule has 0 aliphatic carbocycles. The van der Waals surface area contributed by atoms with Crippen molar-refractivity contribution in [3.05, 3.63) is 59.9 Å². The van der Waals surface area contributed by atoms with Crippen LogP contribution in [0, 0.1) is 5.82 Å². The summed E-state index contributed by atoms with van der Waals surface area (Å²) in [5.41, 5.74) is 0.392. The van der Waals surface area contributed by atoms with Crippen molar-refractivity contribution in [2.45, 2.75) is 30.1 Å². The van der Waals surface area contributed by atoms with E-state index in [4.69, 9.17) is 9.84 Å². The number of amides is 1. The van der Waals surface area contributed by atoms with Crippen LogP contribution in [0.5, 0.6) is 5.75 Å². The Morgan fingerprint density at radius 2 is 1.81 bits per heavy atom. The lowest BCUT2D eigenvalue weighted by Gasteiger charge is -2.17. The van der Waals surface area contributed by atoms with Crippen LogP contribution in [-0.2, 0) is 4.79 Å². The van der Waals surface area contributed by atoms with Crippen LogP contribution in [0.3, 0.4) is 0 Å². The van der Waals surface area contributed by atoms with Crippen LogP contribution in [0.25, 0.3) is 0 Å². The molecule has 0 bridgehead atoms. The molecule has 2 aromatic carbocycles. The first-order valence-electron chi connectivity index (χ1n) is 8.06. The molecule has 0 aliphatic rings. The van der Waals surface area contributed by atoms with Crippen molar-refractivity contribution in [3.63, 3.8) is 0 Å². The molecule has 0 aromatic heterocycles. The van der Waals surface area contributed by atoms with E-state index in [1.165, 1.54) is 12.1 Å². The van der Waals surface area contributed by atoms with Crippen molar-refractivity contribution < 1.29 is 23.8 Å². The van der Waals surface area contributed by atoms with Crippen LogP contribution >= 0.6 is 11.8 Å². The molecular formula is C19H20FNO4S. The van der Waals surface area contributed by atoms with Crippen molar-refractivity contribution in [2.75, 3.05) is 6.54 Å². The molecule has 2 unspecified atom stereocenters. The summed E-state index contributed by atoms with van der Waals surface area (Å²) in [5.74, 6) is -1.62. The highest BCUT2D eigenvalue weighted by molar-refractivity contribution is 8.00. The van der Waals surface area contributed by atoms with E-state index in [2.05, 4.69) is 5.32 Å². The van der Waals surface area contributed by atoms with Gasteiger partial charge in [-0.2, -0.15) is 0 Å². The Kier molecular flexibility index (Phi) is 7.03. The molecule has 2 rings (SSSR count). The molecule has 0 heterocycles. The van der Waals surface area contributed by atoms with Crippen molar-refractivity contribution in [3.8, 4) is 5.75 Å². The SMILES string of the molecule is CC(CNC(=O)c1ccccc1SC(C)C(=O)O)Oc1ccccc1F. The van der Waals surface area contributed by atoms with E-state index in [0.29, 0.717) is 10.5 Å². The Bertz CT molecular complexity index is 784. The zero-order valence-corrected chi connectivity index (χ0v) is 15.3. The van der Waals surface area contributed by atoms with E-state index in [1.807, 2.05) is 0 Å². The molecule has 0 spiro atoms. The molecular weight excluding hydrogens is 357 g/mol. The molecule has 0 fully saturated rings. The van der Waals surface area contributed by atoms with Gasteiger partial charge in [-0.25, -0.2) is 4.39 Å². The molecule has 26 heavy (non-hydrogen) atoms. The number of halogens is 1. The number of hydrogen-bond donors (Lipinski definition) is 2. The van der Waals surface area contributed by atoms with Crippen LogP contribution in [0.15, 0.2) is 53.4 Å². The van der Waals surface area contributed by atoms with Gasteiger partial charge in [-0.1, -0.05) is 24.3 Å². The minimum absolute atomic E-state index is 0.125. The fourth-order valence-corrected chi connectivity index (χ4v) is 3.05. The van der Waals surface area contributed by atoms with E-state index in [1.54, 1.807) is 50.2 Å². The van der Waals surface area contributed by atoms with E-state index < -0.39 is 23.1 Å². The summed E-state index contributed by atoms with van der Waals surface area (Å²) in [6.07, 6.45) is -0.436. The number of carboxylic acids is 1. The summed E-state index contributed by atoms with van der Waals surface area (Å²) in [6, 6.07) is 12.9. The van der Waals surface area contributed by atoms with Gasteiger partial charge in [-0.3, -0.25) is 9.59 Å². The van der Waals surface area contributed by atoms with E-state index in [-0.39, 0.29) is 18.2 Å². The number of carboxylic acid groups (broad SMARTS) is 1. The van der Waals surface area contributed by atoms with Gasteiger partial charge < -0.3 is 15.2 Å². The predicted octanol–water partition coefficient (Wildman–Crippen LogP) is 3.59. The lowest BCUT2D eigenvalue weighted by atomic mass is 10.2. The first kappa shape index (κ1) is 19.8. The predicted molar refractivity (Wildman–Crippen MR) is 98.2 cm³/mol. The van der Waals surface area contributed by atoms with Crippen LogP contribution in [0.1, 0.15) is 24.2 Å². The number of ether oxygens (including phenoxy) is 1. The number of hydrogen-bond acceptors (Lipinski definition) is 4. The van der Waals surface area contributed by atoms with E-state index in [9.17, 15) is 14.0 Å². The molecule has 7 heteroatoms. The quantitative estimate of drug-likeness (QED) is 0.688. The highest BCUT2D eigenvalue weighted by atomic mass is 32.2. The number of aliphatic carboxylic acids is 1. The normalized spacial score (nSPS) is 12.9. The maximum absolute atomic E-state index is 13.6. The van der Waals surface area contributed by atoms with E-state index in [0.717, 1.165) is 11.8 Å². The second kappa shape index (κ2) is 9.24. The Hall–Kier alpha value is -2.54. The zero-order valence-electron chi connectivity index (χ0n) is 14.4. The molecule has 1 amide bonds. The molecule has 0 saturated heterocycles. The summed E-state index contributed by atoms with van der Waals surface area (Å²) >= 11 is 1.10. The topological polar surface area (TPSA) is 75.6 Å². The van der Waals surface area contributed by atoms with Crippen molar-refractivity contribution >= 4 is 23.6 Å². The van der Waals surface area contributed by atoms with E-state index >= 15 is 0 Å². The fraction of sp³-hybridized carbons (Fsp3) is 0.263. The van der Waals surface area contributed by atoms with Gasteiger partial charge in [0.15, 0.2) is 11.6 Å². The molecule has 5 nitrogen and oxygen atoms in total. The smallest absolute Gasteiger partial charge is 0.316 e. The lowest BCUT2D eigenvalue weighted by Crippen LogP contribution is -2.34. The third kappa shape index (κ3) is 5.49. The highest BCUT2D eigenvalue weighted by Gasteiger charge is 2.18. The van der Waals surface area contributed by atoms with Gasteiger partial charge in [0, 0.05) is 4.90 Å². The largest absolute Gasteiger partial charge is 0.486 e. The number of carbonyl (C=O) groups excluding carboxylic acids is 1. The highest BCUT2D eigenvalue weighted by Crippen LogP contribution is 2.27. The summed E-state index contributed by atoms with van der Waals surface area (Å²) in [5, 5.41) is 11.1. The van der Waals surface area contributed by atoms with Gasteiger partial charge in [-0.15, -0.1) is 11.8 Å².